The molecule has 3 amide bonds. The lowest BCUT2D eigenvalue weighted by atomic mass is 9.85. The van der Waals surface area contributed by atoms with E-state index in [1.807, 2.05) is 13.0 Å². The van der Waals surface area contributed by atoms with Crippen LogP contribution in [0.4, 0.5) is 4.39 Å². The fraction of sp³-hybridized carbons (Fsp3) is 0.381. The predicted molar refractivity (Wildman–Crippen MR) is 114 cm³/mol. The molecule has 0 saturated carbocycles. The second-order valence-electron chi connectivity index (χ2n) is 7.19. The Balaban J connectivity index is 1.63. The molecule has 2 N–H and O–H groups in total. The molecule has 1 aromatic heterocycles. The number of amides is 3. The zero-order valence-electron chi connectivity index (χ0n) is 16.5. The molecule has 1 aliphatic heterocycles. The molecule has 2 atom stereocenters. The van der Waals surface area contributed by atoms with E-state index >= 15 is 0 Å². The number of carbonyl (C=O) groups excluding carboxylic acids is 3. The summed E-state index contributed by atoms with van der Waals surface area (Å²) >= 11 is 7.01. The predicted octanol–water partition coefficient (Wildman–Crippen LogP) is 2.67. The number of thiophene rings is 1. The third-order valence-electron chi connectivity index (χ3n) is 5.10. The normalized spacial score (nSPS) is 18.7. The van der Waals surface area contributed by atoms with Gasteiger partial charge in [-0.1, -0.05) is 12.1 Å². The number of halogens is 2. The van der Waals surface area contributed by atoms with E-state index in [1.54, 1.807) is 23.1 Å². The summed E-state index contributed by atoms with van der Waals surface area (Å²) in [6.45, 7) is 2.56. The number of alkyl halides is 1. The van der Waals surface area contributed by atoms with Gasteiger partial charge in [-0.15, -0.1) is 22.9 Å². The van der Waals surface area contributed by atoms with E-state index in [0.717, 1.165) is 10.4 Å². The molecule has 6 nitrogen and oxygen atoms in total. The molecule has 30 heavy (non-hydrogen) atoms. The smallest absolute Gasteiger partial charge is 0.261 e. The molecular weight excluding hydrogens is 429 g/mol. The number of hydrogen-bond donors (Lipinski definition) is 2. The Kier molecular flexibility index (Phi) is 7.44. The average molecular weight is 452 g/mol. The van der Waals surface area contributed by atoms with Gasteiger partial charge < -0.3 is 15.5 Å². The van der Waals surface area contributed by atoms with Gasteiger partial charge in [0.15, 0.2) is 0 Å². The van der Waals surface area contributed by atoms with E-state index in [2.05, 4.69) is 10.6 Å². The molecule has 0 aliphatic carbocycles. The molecule has 0 bridgehead atoms. The van der Waals surface area contributed by atoms with Gasteiger partial charge in [-0.05, 0) is 43.2 Å². The lowest BCUT2D eigenvalue weighted by molar-refractivity contribution is -0.132. The monoisotopic (exact) mass is 451 g/mol. The van der Waals surface area contributed by atoms with E-state index in [9.17, 15) is 18.8 Å². The lowest BCUT2D eigenvalue weighted by Crippen LogP contribution is -2.54. The molecule has 1 fully saturated rings. The van der Waals surface area contributed by atoms with Crippen molar-refractivity contribution in [3.63, 3.8) is 0 Å². The molecule has 2 aromatic rings. The lowest BCUT2D eigenvalue weighted by Gasteiger charge is -2.39. The molecule has 0 unspecified atom stereocenters. The quantitative estimate of drug-likeness (QED) is 0.663. The van der Waals surface area contributed by atoms with Crippen molar-refractivity contribution in [2.45, 2.75) is 25.3 Å². The Morgan fingerprint density at radius 2 is 1.93 bits per heavy atom. The van der Waals surface area contributed by atoms with Crippen molar-refractivity contribution in [3.8, 4) is 0 Å². The minimum absolute atomic E-state index is 0.0644. The maximum atomic E-state index is 13.3. The summed E-state index contributed by atoms with van der Waals surface area (Å²) in [5.41, 5.74) is 0.893. The van der Waals surface area contributed by atoms with Crippen LogP contribution in [0.3, 0.4) is 0 Å². The SMILES string of the molecule is Cc1ccc(C(=O)NCC(=O)N2CC[C@H](c3ccc(F)cc3)[C@@H](NC(=O)CCl)C2)s1. The summed E-state index contributed by atoms with van der Waals surface area (Å²) in [6.07, 6.45) is 0.600. The van der Waals surface area contributed by atoms with Gasteiger partial charge in [-0.25, -0.2) is 4.39 Å². The Morgan fingerprint density at radius 1 is 1.20 bits per heavy atom. The number of rotatable bonds is 6. The van der Waals surface area contributed by atoms with Crippen LogP contribution in [-0.2, 0) is 9.59 Å². The van der Waals surface area contributed by atoms with E-state index in [-0.39, 0.29) is 54.5 Å². The fourth-order valence-corrected chi connectivity index (χ4v) is 4.45. The summed E-state index contributed by atoms with van der Waals surface area (Å²) in [6, 6.07) is 9.39. The largest absolute Gasteiger partial charge is 0.350 e. The van der Waals surface area contributed by atoms with Gasteiger partial charge in [-0.3, -0.25) is 14.4 Å². The average Bonchev–Trinajstić information content (AvgIpc) is 3.18. The second kappa shape index (κ2) is 10.0. The Bertz CT molecular complexity index is 918. The van der Waals surface area contributed by atoms with Crippen LogP contribution < -0.4 is 10.6 Å². The first-order chi connectivity index (χ1) is 14.4. The molecule has 3 rings (SSSR count). The summed E-state index contributed by atoms with van der Waals surface area (Å²) in [4.78, 5) is 39.9. The molecular formula is C21H23ClFN3O3S. The van der Waals surface area contributed by atoms with Gasteiger partial charge in [0.25, 0.3) is 5.91 Å². The molecule has 9 heteroatoms. The number of nitrogens with zero attached hydrogens (tertiary/aromatic N) is 1. The summed E-state index contributed by atoms with van der Waals surface area (Å²) in [7, 11) is 0. The van der Waals surface area contributed by atoms with Gasteiger partial charge in [0.05, 0.1) is 17.5 Å². The molecule has 0 radical (unpaired) electrons. The van der Waals surface area contributed by atoms with Crippen LogP contribution in [0.25, 0.3) is 0 Å². The number of nitrogens with one attached hydrogen (secondary N) is 2. The van der Waals surface area contributed by atoms with Gasteiger partial charge in [0.2, 0.25) is 11.8 Å². The molecule has 1 aliphatic rings. The van der Waals surface area contributed by atoms with Crippen LogP contribution in [0, 0.1) is 12.7 Å². The highest BCUT2D eigenvalue weighted by Gasteiger charge is 2.33. The Morgan fingerprint density at radius 3 is 2.57 bits per heavy atom. The first-order valence-electron chi connectivity index (χ1n) is 9.60. The van der Waals surface area contributed by atoms with Crippen molar-refractivity contribution < 1.29 is 18.8 Å². The van der Waals surface area contributed by atoms with Gasteiger partial charge in [0, 0.05) is 23.9 Å². The van der Waals surface area contributed by atoms with Crippen molar-refractivity contribution >= 4 is 40.7 Å². The van der Waals surface area contributed by atoms with Gasteiger partial charge in [-0.2, -0.15) is 0 Å². The van der Waals surface area contributed by atoms with Crippen molar-refractivity contribution in [1.82, 2.24) is 15.5 Å². The topological polar surface area (TPSA) is 78.5 Å². The minimum Gasteiger partial charge on any atom is -0.350 e. The van der Waals surface area contributed by atoms with E-state index in [0.29, 0.717) is 17.8 Å². The second-order valence-corrected chi connectivity index (χ2v) is 8.74. The first kappa shape index (κ1) is 22.2. The maximum Gasteiger partial charge on any atom is 0.261 e. The highest BCUT2D eigenvalue weighted by Crippen LogP contribution is 2.29. The third-order valence-corrected chi connectivity index (χ3v) is 6.34. The molecule has 0 spiro atoms. The van der Waals surface area contributed by atoms with E-state index in [4.69, 9.17) is 11.6 Å². The number of carbonyl (C=O) groups is 3. The molecule has 2 heterocycles. The molecule has 1 aromatic carbocycles. The van der Waals surface area contributed by atoms with Crippen molar-refractivity contribution in [3.05, 3.63) is 57.5 Å². The van der Waals surface area contributed by atoms with Crippen LogP contribution in [0.2, 0.25) is 0 Å². The number of benzene rings is 1. The molecule has 160 valence electrons. The Hall–Kier alpha value is -2.45. The van der Waals surface area contributed by atoms with Gasteiger partial charge in [0.1, 0.15) is 11.7 Å². The molecule has 1 saturated heterocycles. The number of hydrogen-bond acceptors (Lipinski definition) is 4. The maximum absolute atomic E-state index is 13.3. The fourth-order valence-electron chi connectivity index (χ4n) is 3.59. The van der Waals surface area contributed by atoms with Crippen LogP contribution in [-0.4, -0.2) is 54.2 Å². The van der Waals surface area contributed by atoms with Crippen LogP contribution in [0.5, 0.6) is 0 Å². The number of piperidine rings is 1. The summed E-state index contributed by atoms with van der Waals surface area (Å²) in [5.74, 6) is -1.41. The zero-order chi connectivity index (χ0) is 21.7. The van der Waals surface area contributed by atoms with Crippen LogP contribution in [0.15, 0.2) is 36.4 Å². The third kappa shape index (κ3) is 5.58. The van der Waals surface area contributed by atoms with Crippen LogP contribution in [0.1, 0.15) is 32.5 Å². The van der Waals surface area contributed by atoms with Crippen molar-refractivity contribution in [2.75, 3.05) is 25.5 Å². The standard InChI is InChI=1S/C21H23ClFN3O3S/c1-13-2-7-18(30-13)21(29)24-11-20(28)26-9-8-16(14-3-5-15(23)6-4-14)17(12-26)25-19(27)10-22/h2-7,16-17H,8-12H2,1H3,(H,24,29)(H,25,27)/t16-,17+/m1/s1. The first-order valence-corrected chi connectivity index (χ1v) is 11.0. The number of aryl methyl sites for hydroxylation is 1. The van der Waals surface area contributed by atoms with Crippen molar-refractivity contribution in [2.24, 2.45) is 0 Å². The zero-order valence-corrected chi connectivity index (χ0v) is 18.1. The minimum atomic E-state index is -0.352. The van der Waals surface area contributed by atoms with E-state index < -0.39 is 0 Å². The van der Waals surface area contributed by atoms with Crippen LogP contribution >= 0.6 is 22.9 Å². The Labute approximate surface area is 183 Å². The number of likely N-dealkylation sites (tertiary alicyclic amines) is 1. The van der Waals surface area contributed by atoms with Crippen molar-refractivity contribution in [1.29, 1.82) is 0 Å². The highest BCUT2D eigenvalue weighted by molar-refractivity contribution is 7.13. The summed E-state index contributed by atoms with van der Waals surface area (Å²) in [5, 5.41) is 5.52. The summed E-state index contributed by atoms with van der Waals surface area (Å²) < 4.78 is 13.3. The van der Waals surface area contributed by atoms with E-state index in [1.165, 1.54) is 23.5 Å². The highest BCUT2D eigenvalue weighted by atomic mass is 35.5. The van der Waals surface area contributed by atoms with Gasteiger partial charge >= 0.3 is 0 Å².